The van der Waals surface area contributed by atoms with Crippen molar-refractivity contribution in [1.82, 2.24) is 24.8 Å². The fourth-order valence-electron chi connectivity index (χ4n) is 3.74. The van der Waals surface area contributed by atoms with Crippen LogP contribution in [0.4, 0.5) is 5.82 Å². The Balaban J connectivity index is 1.36. The first kappa shape index (κ1) is 22.1. The predicted octanol–water partition coefficient (Wildman–Crippen LogP) is 0.0452. The average Bonchev–Trinajstić information content (AvgIpc) is 3.45. The second-order valence-electron chi connectivity index (χ2n) is 8.32. The van der Waals surface area contributed by atoms with Gasteiger partial charge in [-0.1, -0.05) is 24.1 Å². The number of carbonyl (C=O) groups excluding carboxylic acids is 1. The van der Waals surface area contributed by atoms with E-state index in [4.69, 9.17) is 15.2 Å². The molecule has 1 aliphatic carbocycles. The lowest BCUT2D eigenvalue weighted by Gasteiger charge is -2.16. The van der Waals surface area contributed by atoms with Crippen molar-refractivity contribution in [3.8, 4) is 17.6 Å². The number of hydrogen-bond donors (Lipinski definition) is 4. The van der Waals surface area contributed by atoms with Crippen LogP contribution in [0.25, 0.3) is 11.2 Å². The Morgan fingerprint density at radius 2 is 2.09 bits per heavy atom. The van der Waals surface area contributed by atoms with Crippen molar-refractivity contribution in [2.45, 2.75) is 50.3 Å². The molecule has 34 heavy (non-hydrogen) atoms. The van der Waals surface area contributed by atoms with E-state index >= 15 is 0 Å². The molecule has 1 aromatic carbocycles. The molecular formula is C23H24N6O5. The Kier molecular flexibility index (Phi) is 5.79. The number of aliphatic hydroxyl groups excluding tert-OH is 2. The fourth-order valence-corrected chi connectivity index (χ4v) is 3.74. The first-order valence-electron chi connectivity index (χ1n) is 10.9. The number of fused-ring (bicyclic) bond motifs is 1. The van der Waals surface area contributed by atoms with Crippen LogP contribution < -0.4 is 15.8 Å². The summed E-state index contributed by atoms with van der Waals surface area (Å²) in [5.41, 5.74) is 7.59. The molecule has 0 spiro atoms. The van der Waals surface area contributed by atoms with E-state index in [1.807, 2.05) is 31.2 Å². The summed E-state index contributed by atoms with van der Waals surface area (Å²) < 4.78 is 12.8. The van der Waals surface area contributed by atoms with E-state index in [1.54, 1.807) is 0 Å². The van der Waals surface area contributed by atoms with Crippen LogP contribution in [0.15, 0.2) is 30.6 Å². The first-order valence-corrected chi connectivity index (χ1v) is 10.9. The highest BCUT2D eigenvalue weighted by molar-refractivity contribution is 5.83. The molecule has 0 radical (unpaired) electrons. The van der Waals surface area contributed by atoms with Gasteiger partial charge in [0.05, 0.1) is 6.33 Å². The van der Waals surface area contributed by atoms with Crippen LogP contribution >= 0.6 is 0 Å². The van der Waals surface area contributed by atoms with Crippen LogP contribution in [-0.4, -0.2) is 66.6 Å². The molecule has 2 fully saturated rings. The van der Waals surface area contributed by atoms with Gasteiger partial charge in [0.15, 0.2) is 23.8 Å². The molecule has 11 nitrogen and oxygen atoms in total. The molecule has 3 heterocycles. The number of para-hydroxylation sites is 1. The summed E-state index contributed by atoms with van der Waals surface area (Å²) in [4.78, 5) is 25.2. The summed E-state index contributed by atoms with van der Waals surface area (Å²) in [5, 5.41) is 23.8. The summed E-state index contributed by atoms with van der Waals surface area (Å²) in [7, 11) is 0. The number of amides is 1. The van der Waals surface area contributed by atoms with Crippen LogP contribution in [0.3, 0.4) is 0 Å². The second kappa shape index (κ2) is 8.90. The quantitative estimate of drug-likeness (QED) is 0.383. The van der Waals surface area contributed by atoms with E-state index in [2.05, 4.69) is 32.1 Å². The number of imidazole rings is 1. The molecule has 5 N–H and O–H groups in total. The smallest absolute Gasteiger partial charge is 0.252 e. The minimum absolute atomic E-state index is 0.0945. The number of aromatic nitrogens is 4. The Labute approximate surface area is 194 Å². The maximum absolute atomic E-state index is 12.4. The van der Waals surface area contributed by atoms with Crippen molar-refractivity contribution >= 4 is 22.9 Å². The van der Waals surface area contributed by atoms with Crippen molar-refractivity contribution in [3.63, 3.8) is 0 Å². The van der Waals surface area contributed by atoms with Gasteiger partial charge in [-0.3, -0.25) is 9.36 Å². The number of benzene rings is 1. The maximum Gasteiger partial charge on any atom is 0.252 e. The Hall–Kier alpha value is -3.72. The number of carbonyl (C=O) groups is 1. The van der Waals surface area contributed by atoms with Crippen molar-refractivity contribution in [2.75, 3.05) is 12.3 Å². The van der Waals surface area contributed by atoms with Crippen molar-refractivity contribution in [3.05, 3.63) is 42.0 Å². The van der Waals surface area contributed by atoms with E-state index in [-0.39, 0.29) is 35.5 Å². The van der Waals surface area contributed by atoms with Gasteiger partial charge in [0.2, 0.25) is 5.82 Å². The number of rotatable bonds is 5. The molecule has 4 unspecified atom stereocenters. The monoisotopic (exact) mass is 464 g/mol. The summed E-state index contributed by atoms with van der Waals surface area (Å²) in [6, 6.07) is 7.70. The van der Waals surface area contributed by atoms with E-state index < -0.39 is 30.4 Å². The molecule has 2 aliphatic rings. The molecule has 0 bridgehead atoms. The van der Waals surface area contributed by atoms with Crippen LogP contribution in [-0.2, 0) is 9.53 Å². The number of nitrogens with zero attached hydrogens (tertiary/aromatic N) is 4. The largest absolute Gasteiger partial charge is 0.481 e. The fraction of sp³-hybridized carbons (Fsp3) is 0.391. The van der Waals surface area contributed by atoms with Crippen LogP contribution in [0, 0.1) is 18.8 Å². The normalized spacial score (nSPS) is 24.0. The van der Waals surface area contributed by atoms with E-state index in [1.165, 1.54) is 10.9 Å². The summed E-state index contributed by atoms with van der Waals surface area (Å²) in [5.74, 6) is 6.18. The number of ether oxygens (including phenoxy) is 2. The lowest BCUT2D eigenvalue weighted by molar-refractivity contribution is -0.137. The summed E-state index contributed by atoms with van der Waals surface area (Å²) in [6.07, 6.45) is -1.93. The zero-order valence-electron chi connectivity index (χ0n) is 18.4. The highest BCUT2D eigenvalue weighted by Gasteiger charge is 2.48. The van der Waals surface area contributed by atoms with Gasteiger partial charge in [0.1, 0.15) is 30.1 Å². The van der Waals surface area contributed by atoms with Crippen molar-refractivity contribution < 1.29 is 24.5 Å². The Morgan fingerprint density at radius 3 is 2.85 bits per heavy atom. The zero-order valence-corrected chi connectivity index (χ0v) is 18.4. The summed E-state index contributed by atoms with van der Waals surface area (Å²) in [6.45, 7) is 2.07. The highest BCUT2D eigenvalue weighted by atomic mass is 16.6. The molecule has 3 aromatic rings. The van der Waals surface area contributed by atoms with Gasteiger partial charge in [-0.2, -0.15) is 0 Å². The number of aryl methyl sites for hydroxylation is 1. The molecule has 1 aliphatic heterocycles. The molecule has 176 valence electrons. The predicted molar refractivity (Wildman–Crippen MR) is 120 cm³/mol. The van der Waals surface area contributed by atoms with Gasteiger partial charge in [-0.25, -0.2) is 15.0 Å². The zero-order chi connectivity index (χ0) is 23.8. The Morgan fingerprint density at radius 1 is 1.29 bits per heavy atom. The van der Waals surface area contributed by atoms with E-state index in [9.17, 15) is 15.0 Å². The van der Waals surface area contributed by atoms with Gasteiger partial charge in [-0.15, -0.1) is 0 Å². The number of aliphatic hydroxyl groups is 2. The number of nitrogens with one attached hydrogen (secondary N) is 1. The van der Waals surface area contributed by atoms with Gasteiger partial charge >= 0.3 is 0 Å². The Bertz CT molecular complexity index is 1290. The molecule has 1 amide bonds. The van der Waals surface area contributed by atoms with Gasteiger partial charge < -0.3 is 30.7 Å². The van der Waals surface area contributed by atoms with Crippen molar-refractivity contribution in [1.29, 1.82) is 0 Å². The van der Waals surface area contributed by atoms with Gasteiger partial charge in [-0.05, 0) is 37.3 Å². The lowest BCUT2D eigenvalue weighted by Crippen LogP contribution is -2.43. The molecule has 2 aromatic heterocycles. The molecule has 11 heteroatoms. The molecular weight excluding hydrogens is 440 g/mol. The van der Waals surface area contributed by atoms with Crippen LogP contribution in [0.1, 0.15) is 30.5 Å². The third kappa shape index (κ3) is 4.26. The minimum atomic E-state index is -1.40. The average molecular weight is 464 g/mol. The van der Waals surface area contributed by atoms with Crippen molar-refractivity contribution in [2.24, 2.45) is 0 Å². The van der Waals surface area contributed by atoms with Gasteiger partial charge in [0.25, 0.3) is 5.91 Å². The molecule has 5 rings (SSSR count). The van der Waals surface area contributed by atoms with Crippen LogP contribution in [0.2, 0.25) is 0 Å². The molecule has 1 saturated heterocycles. The number of nitrogen functional groups attached to an aromatic ring is 1. The van der Waals surface area contributed by atoms with Gasteiger partial charge in [0, 0.05) is 6.04 Å². The second-order valence-corrected chi connectivity index (χ2v) is 8.32. The third-order valence-corrected chi connectivity index (χ3v) is 5.74. The topological polar surface area (TPSA) is 158 Å². The molecule has 4 atom stereocenters. The van der Waals surface area contributed by atoms with E-state index in [0.717, 1.165) is 24.2 Å². The number of hydrogen-bond acceptors (Lipinski definition) is 9. The highest BCUT2D eigenvalue weighted by Crippen LogP contribution is 2.33. The van der Waals surface area contributed by atoms with Crippen LogP contribution in [0.5, 0.6) is 5.75 Å². The van der Waals surface area contributed by atoms with E-state index in [0.29, 0.717) is 0 Å². The minimum Gasteiger partial charge on any atom is -0.481 e. The maximum atomic E-state index is 12.4. The first-order chi connectivity index (χ1) is 16.4. The molecule has 1 saturated carbocycles. The number of anilines is 1. The third-order valence-electron chi connectivity index (χ3n) is 5.74. The standard InChI is InChI=1S/C23H24N6O5/c1-12-5-2-3-6-14(12)33-10-4-7-15-27-20(24)16-21(28-15)29(11-25-16)23-18(31)17(30)19(34-23)22(32)26-13-8-9-13/h2-3,5-6,11,13,17-19,23,30-31H,8-10H2,1H3,(H,26,32)(H2,24,27,28). The summed E-state index contributed by atoms with van der Waals surface area (Å²) >= 11 is 0. The number of nitrogens with two attached hydrogens (primary N) is 1. The SMILES string of the molecule is Cc1ccccc1OCC#Cc1nc(N)c2ncn(C3OC(C(=O)NC4CC4)C(O)C3O)c2n1. The lowest BCUT2D eigenvalue weighted by atomic mass is 10.1.